The molecule has 0 bridgehead atoms. The highest BCUT2D eigenvalue weighted by atomic mass is 16.4. The van der Waals surface area contributed by atoms with E-state index >= 15 is 0 Å². The molecule has 0 radical (unpaired) electrons. The van der Waals surface area contributed by atoms with Crippen molar-refractivity contribution in [1.82, 2.24) is 0 Å². The van der Waals surface area contributed by atoms with E-state index in [1.54, 1.807) is 19.1 Å². The molecule has 0 fully saturated rings. The molecule has 1 unspecified atom stereocenters. The summed E-state index contributed by atoms with van der Waals surface area (Å²) in [5.74, 6) is -1.38. The normalized spacial score (nSPS) is 11.8. The molecule has 2 aromatic rings. The fraction of sp³-hybridized carbons (Fsp3) is 0.263. The molecule has 1 atom stereocenters. The Morgan fingerprint density at radius 3 is 2.30 bits per heavy atom. The molecule has 2 rings (SSSR count). The lowest BCUT2D eigenvalue weighted by Gasteiger charge is -2.10. The van der Waals surface area contributed by atoms with Crippen LogP contribution in [-0.4, -0.2) is 17.0 Å². The summed E-state index contributed by atoms with van der Waals surface area (Å²) in [6.07, 6.45) is 0.473. The van der Waals surface area contributed by atoms with Crippen LogP contribution in [0.4, 0.5) is 5.69 Å². The van der Waals surface area contributed by atoms with Gasteiger partial charge in [-0.2, -0.15) is 0 Å². The number of rotatable bonds is 5. The van der Waals surface area contributed by atoms with E-state index in [2.05, 4.69) is 5.32 Å². The second-order valence-corrected chi connectivity index (χ2v) is 5.91. The Balaban J connectivity index is 2.05. The van der Waals surface area contributed by atoms with Gasteiger partial charge in [0.15, 0.2) is 0 Å². The molecule has 4 heteroatoms. The van der Waals surface area contributed by atoms with Gasteiger partial charge in [0.1, 0.15) is 0 Å². The number of carboxylic acid groups (broad SMARTS) is 1. The van der Waals surface area contributed by atoms with E-state index in [4.69, 9.17) is 5.11 Å². The average Bonchev–Trinajstić information content (AvgIpc) is 2.48. The number of hydrogen-bond acceptors (Lipinski definition) is 2. The molecule has 2 aromatic carbocycles. The smallest absolute Gasteiger partial charge is 0.306 e. The third-order valence-corrected chi connectivity index (χ3v) is 3.80. The summed E-state index contributed by atoms with van der Waals surface area (Å²) in [6.45, 7) is 5.59. The summed E-state index contributed by atoms with van der Waals surface area (Å²) in [6, 6.07) is 13.0. The first-order valence-corrected chi connectivity index (χ1v) is 7.57. The minimum absolute atomic E-state index is 0.144. The summed E-state index contributed by atoms with van der Waals surface area (Å²) in [5, 5.41) is 11.8. The van der Waals surface area contributed by atoms with Crippen LogP contribution in [0.1, 0.15) is 34.0 Å². The van der Waals surface area contributed by atoms with Crippen molar-refractivity contribution in [2.75, 3.05) is 5.32 Å². The Labute approximate surface area is 136 Å². The van der Waals surface area contributed by atoms with Gasteiger partial charge in [0.05, 0.1) is 5.92 Å². The Kier molecular flexibility index (Phi) is 5.16. The summed E-state index contributed by atoms with van der Waals surface area (Å²) in [5.41, 5.74) is 4.34. The van der Waals surface area contributed by atoms with E-state index in [0.717, 1.165) is 16.7 Å². The zero-order valence-corrected chi connectivity index (χ0v) is 13.6. The predicted molar refractivity (Wildman–Crippen MR) is 90.8 cm³/mol. The molecular weight excluding hydrogens is 290 g/mol. The van der Waals surface area contributed by atoms with Crippen molar-refractivity contribution < 1.29 is 14.7 Å². The standard InChI is InChI=1S/C19H21NO3/c1-12-4-9-17(13(2)10-12)18(21)20-16-7-5-15(6-8-16)11-14(3)19(22)23/h4-10,14H,11H2,1-3H3,(H,20,21)(H,22,23). The molecule has 0 aliphatic carbocycles. The number of nitrogens with one attached hydrogen (secondary N) is 1. The number of hydrogen-bond donors (Lipinski definition) is 2. The van der Waals surface area contributed by atoms with E-state index in [9.17, 15) is 9.59 Å². The second kappa shape index (κ2) is 7.09. The molecule has 0 aliphatic rings. The monoisotopic (exact) mass is 311 g/mol. The molecular formula is C19H21NO3. The molecule has 2 N–H and O–H groups in total. The van der Waals surface area contributed by atoms with Crippen LogP contribution in [0.15, 0.2) is 42.5 Å². The van der Waals surface area contributed by atoms with Crippen LogP contribution in [-0.2, 0) is 11.2 Å². The topological polar surface area (TPSA) is 66.4 Å². The van der Waals surface area contributed by atoms with Gasteiger partial charge in [-0.25, -0.2) is 0 Å². The van der Waals surface area contributed by atoms with Crippen molar-refractivity contribution in [3.8, 4) is 0 Å². The Morgan fingerprint density at radius 2 is 1.74 bits per heavy atom. The van der Waals surface area contributed by atoms with Crippen molar-refractivity contribution in [2.24, 2.45) is 5.92 Å². The number of carbonyl (C=O) groups is 2. The fourth-order valence-corrected chi connectivity index (χ4v) is 2.43. The minimum Gasteiger partial charge on any atom is -0.481 e. The second-order valence-electron chi connectivity index (χ2n) is 5.91. The van der Waals surface area contributed by atoms with Crippen LogP contribution in [0.25, 0.3) is 0 Å². The number of amides is 1. The highest BCUT2D eigenvalue weighted by Gasteiger charge is 2.12. The third-order valence-electron chi connectivity index (χ3n) is 3.80. The maximum Gasteiger partial charge on any atom is 0.306 e. The Hall–Kier alpha value is -2.62. The van der Waals surface area contributed by atoms with E-state index < -0.39 is 11.9 Å². The quantitative estimate of drug-likeness (QED) is 0.882. The first-order valence-electron chi connectivity index (χ1n) is 7.57. The largest absolute Gasteiger partial charge is 0.481 e. The average molecular weight is 311 g/mol. The van der Waals surface area contributed by atoms with Gasteiger partial charge in [0.2, 0.25) is 0 Å². The van der Waals surface area contributed by atoms with Crippen LogP contribution in [0.5, 0.6) is 0 Å². The SMILES string of the molecule is Cc1ccc(C(=O)Nc2ccc(CC(C)C(=O)O)cc2)c(C)c1. The van der Waals surface area contributed by atoms with Crippen molar-refractivity contribution in [1.29, 1.82) is 0 Å². The van der Waals surface area contributed by atoms with Gasteiger partial charge < -0.3 is 10.4 Å². The van der Waals surface area contributed by atoms with Crippen molar-refractivity contribution >= 4 is 17.6 Å². The number of aliphatic carboxylic acids is 1. The summed E-state index contributed by atoms with van der Waals surface area (Å²) in [7, 11) is 0. The maximum absolute atomic E-state index is 12.3. The molecule has 1 amide bonds. The number of carbonyl (C=O) groups excluding carboxylic acids is 1. The summed E-state index contributed by atoms with van der Waals surface area (Å²) < 4.78 is 0. The molecule has 0 aromatic heterocycles. The minimum atomic E-state index is -0.808. The number of carboxylic acids is 1. The van der Waals surface area contributed by atoms with Crippen molar-refractivity contribution in [3.05, 3.63) is 64.7 Å². The molecule has 4 nitrogen and oxygen atoms in total. The lowest BCUT2D eigenvalue weighted by atomic mass is 10.0. The lowest BCUT2D eigenvalue weighted by Crippen LogP contribution is -2.14. The molecule has 0 saturated carbocycles. The molecule has 120 valence electrons. The molecule has 0 heterocycles. The predicted octanol–water partition coefficient (Wildman–Crippen LogP) is 3.82. The molecule has 0 saturated heterocycles. The number of benzene rings is 2. The van der Waals surface area contributed by atoms with E-state index in [1.165, 1.54) is 0 Å². The van der Waals surface area contributed by atoms with Crippen LogP contribution in [0.2, 0.25) is 0 Å². The molecule has 0 aliphatic heterocycles. The summed E-state index contributed by atoms with van der Waals surface area (Å²) >= 11 is 0. The highest BCUT2D eigenvalue weighted by Crippen LogP contribution is 2.16. The number of aryl methyl sites for hydroxylation is 2. The van der Waals surface area contributed by atoms with Crippen LogP contribution in [0.3, 0.4) is 0 Å². The van der Waals surface area contributed by atoms with Crippen molar-refractivity contribution in [3.63, 3.8) is 0 Å². The van der Waals surface area contributed by atoms with Crippen molar-refractivity contribution in [2.45, 2.75) is 27.2 Å². The van der Waals surface area contributed by atoms with E-state index in [0.29, 0.717) is 17.7 Å². The van der Waals surface area contributed by atoms with Gasteiger partial charge in [-0.15, -0.1) is 0 Å². The fourth-order valence-electron chi connectivity index (χ4n) is 2.43. The zero-order chi connectivity index (χ0) is 17.0. The maximum atomic E-state index is 12.3. The Morgan fingerprint density at radius 1 is 1.09 bits per heavy atom. The van der Waals surface area contributed by atoms with E-state index in [-0.39, 0.29) is 5.91 Å². The van der Waals surface area contributed by atoms with Gasteiger partial charge in [-0.3, -0.25) is 9.59 Å². The van der Waals surface area contributed by atoms with E-state index in [1.807, 2.05) is 44.2 Å². The molecule has 0 spiro atoms. The third kappa shape index (κ3) is 4.42. The highest BCUT2D eigenvalue weighted by molar-refractivity contribution is 6.05. The lowest BCUT2D eigenvalue weighted by molar-refractivity contribution is -0.141. The molecule has 23 heavy (non-hydrogen) atoms. The Bertz CT molecular complexity index is 720. The van der Waals surface area contributed by atoms with Gasteiger partial charge in [0, 0.05) is 11.3 Å². The van der Waals surface area contributed by atoms with Crippen LogP contribution >= 0.6 is 0 Å². The van der Waals surface area contributed by atoms with Gasteiger partial charge >= 0.3 is 5.97 Å². The number of anilines is 1. The zero-order valence-electron chi connectivity index (χ0n) is 13.6. The first-order chi connectivity index (χ1) is 10.9. The van der Waals surface area contributed by atoms with Crippen LogP contribution < -0.4 is 5.32 Å². The van der Waals surface area contributed by atoms with Gasteiger partial charge in [-0.05, 0) is 49.6 Å². The summed E-state index contributed by atoms with van der Waals surface area (Å²) in [4.78, 5) is 23.2. The van der Waals surface area contributed by atoms with Gasteiger partial charge in [0.25, 0.3) is 5.91 Å². The van der Waals surface area contributed by atoms with Crippen LogP contribution in [0, 0.1) is 19.8 Å². The van der Waals surface area contributed by atoms with Gasteiger partial charge in [-0.1, -0.05) is 36.8 Å². The first kappa shape index (κ1) is 16.7.